The molecule has 0 aromatic carbocycles. The summed E-state index contributed by atoms with van der Waals surface area (Å²) in [6.45, 7) is 0. The number of hydrogen-bond donors (Lipinski definition) is 4. The highest BCUT2D eigenvalue weighted by molar-refractivity contribution is 6.33. The summed E-state index contributed by atoms with van der Waals surface area (Å²) in [6.07, 6.45) is 13.9. The molecule has 6 aliphatic rings. The number of amides is 3. The molecule has 2 saturated carbocycles. The van der Waals surface area contributed by atoms with Crippen LogP contribution >= 0.6 is 34.8 Å². The molecule has 0 aliphatic heterocycles. The number of nitrogens with two attached hydrogens (primary N) is 2. The Hall–Kier alpha value is -4.01. The second kappa shape index (κ2) is 13.7. The van der Waals surface area contributed by atoms with E-state index in [4.69, 9.17) is 46.3 Å². The van der Waals surface area contributed by atoms with Gasteiger partial charge in [-0.15, -0.1) is 0 Å². The van der Waals surface area contributed by atoms with Gasteiger partial charge in [0, 0.05) is 36.1 Å². The molecule has 8 atom stereocenters. The fourth-order valence-electron chi connectivity index (χ4n) is 7.49. The van der Waals surface area contributed by atoms with E-state index in [-0.39, 0.29) is 46.2 Å². The maximum atomic E-state index is 12.1. The Morgan fingerprint density at radius 2 is 1.20 bits per heavy atom. The van der Waals surface area contributed by atoms with Gasteiger partial charge in [-0.1, -0.05) is 60.2 Å². The number of anilines is 1. The highest BCUT2D eigenvalue weighted by Crippen LogP contribution is 2.46. The summed E-state index contributed by atoms with van der Waals surface area (Å²) < 4.78 is 36.4. The van der Waals surface area contributed by atoms with Crippen molar-refractivity contribution in [3.05, 3.63) is 74.7 Å². The Morgan fingerprint density at radius 1 is 0.714 bits per heavy atom. The van der Waals surface area contributed by atoms with E-state index in [1.54, 1.807) is 12.2 Å². The van der Waals surface area contributed by atoms with Gasteiger partial charge in [0.15, 0.2) is 0 Å². The number of aromatic nitrogens is 4. The van der Waals surface area contributed by atoms with Crippen LogP contribution in [-0.4, -0.2) is 55.9 Å². The molecule has 0 radical (unpaired) electrons. The Bertz CT molecular complexity index is 1820. The quantitative estimate of drug-likeness (QED) is 0.197. The average molecular weight is 738 g/mol. The van der Waals surface area contributed by atoms with Crippen molar-refractivity contribution in [3.8, 4) is 0 Å². The SMILES string of the molecule is Clc1nc(Cl)c2c(n1)CC=C2.NC(=O)C1C2C=CC(C2)C1NC(=O)C(F)(F)F.NC(=O)C1C2C=CC(C2)C1Nc1nc(Cl)nc2c1C=CC2. The van der Waals surface area contributed by atoms with E-state index in [2.05, 4.69) is 37.4 Å². The van der Waals surface area contributed by atoms with Gasteiger partial charge in [0.1, 0.15) is 11.0 Å². The minimum absolute atomic E-state index is 0.0124. The molecule has 8 rings (SSSR count). The molecule has 17 heteroatoms. The van der Waals surface area contributed by atoms with E-state index in [0.717, 1.165) is 41.8 Å². The summed E-state index contributed by atoms with van der Waals surface area (Å²) in [6, 6.07) is -0.849. The molecule has 11 nitrogen and oxygen atoms in total. The van der Waals surface area contributed by atoms with Gasteiger partial charge in [-0.3, -0.25) is 14.4 Å². The smallest absolute Gasteiger partial charge is 0.369 e. The first-order valence-corrected chi connectivity index (χ1v) is 16.6. The zero-order valence-electron chi connectivity index (χ0n) is 25.5. The number of halogens is 6. The zero-order chi connectivity index (χ0) is 35.2. The normalized spacial score (nSPS) is 28.8. The maximum Gasteiger partial charge on any atom is 0.471 e. The fourth-order valence-corrected chi connectivity index (χ4v) is 8.15. The van der Waals surface area contributed by atoms with Gasteiger partial charge in [-0.25, -0.2) is 19.9 Å². The van der Waals surface area contributed by atoms with Crippen LogP contribution in [0.4, 0.5) is 19.0 Å². The summed E-state index contributed by atoms with van der Waals surface area (Å²) in [4.78, 5) is 50.2. The van der Waals surface area contributed by atoms with Crippen LogP contribution in [0.3, 0.4) is 0 Å². The topological polar surface area (TPSA) is 179 Å². The molecule has 2 aromatic heterocycles. The molecular formula is C32H30Cl3F3N8O3. The van der Waals surface area contributed by atoms with Crippen molar-refractivity contribution < 1.29 is 27.6 Å². The van der Waals surface area contributed by atoms with Crippen LogP contribution < -0.4 is 22.1 Å². The fraction of sp³-hybridized carbons (Fsp3) is 0.406. The van der Waals surface area contributed by atoms with Crippen molar-refractivity contribution in [2.24, 2.45) is 47.0 Å². The molecular weight excluding hydrogens is 708 g/mol. The van der Waals surface area contributed by atoms with E-state index < -0.39 is 30.0 Å². The highest BCUT2D eigenvalue weighted by Gasteiger charge is 2.51. The van der Waals surface area contributed by atoms with Crippen LogP contribution in [0.1, 0.15) is 35.4 Å². The number of nitrogens with one attached hydrogen (secondary N) is 2. The molecule has 0 saturated heterocycles. The van der Waals surface area contributed by atoms with Crippen molar-refractivity contribution in [2.75, 3.05) is 5.32 Å². The lowest BCUT2D eigenvalue weighted by molar-refractivity contribution is -0.175. The first kappa shape index (κ1) is 34.8. The molecule has 4 bridgehead atoms. The third-order valence-electron chi connectivity index (χ3n) is 9.57. The van der Waals surface area contributed by atoms with E-state index in [1.807, 2.05) is 29.6 Å². The van der Waals surface area contributed by atoms with Crippen LogP contribution in [0.2, 0.25) is 15.7 Å². The summed E-state index contributed by atoms with van der Waals surface area (Å²) in [5.74, 6) is -2.99. The second-order valence-electron chi connectivity index (χ2n) is 12.5. The zero-order valence-corrected chi connectivity index (χ0v) is 27.8. The molecule has 8 unspecified atom stereocenters. The van der Waals surface area contributed by atoms with E-state index in [1.165, 1.54) is 0 Å². The largest absolute Gasteiger partial charge is 0.471 e. The number of carbonyl (C=O) groups is 3. The second-order valence-corrected chi connectivity index (χ2v) is 13.5. The van der Waals surface area contributed by atoms with Crippen molar-refractivity contribution in [2.45, 2.75) is 43.9 Å². The lowest BCUT2D eigenvalue weighted by Crippen LogP contribution is -2.51. The Balaban J connectivity index is 0.000000134. The van der Waals surface area contributed by atoms with Crippen LogP contribution in [-0.2, 0) is 27.2 Å². The number of allylic oxidation sites excluding steroid dienone is 4. The minimum atomic E-state index is -4.94. The van der Waals surface area contributed by atoms with Crippen LogP contribution in [0, 0.1) is 35.5 Å². The van der Waals surface area contributed by atoms with Crippen LogP contribution in [0.15, 0.2) is 36.5 Å². The Labute approximate surface area is 293 Å². The predicted molar refractivity (Wildman–Crippen MR) is 177 cm³/mol. The number of fused-ring (bicyclic) bond motifs is 6. The van der Waals surface area contributed by atoms with Gasteiger partial charge in [0.25, 0.3) is 0 Å². The number of alkyl halides is 3. The molecule has 2 heterocycles. The Morgan fingerprint density at radius 3 is 1.78 bits per heavy atom. The van der Waals surface area contributed by atoms with Gasteiger partial charge < -0.3 is 22.1 Å². The lowest BCUT2D eigenvalue weighted by Gasteiger charge is -2.27. The Kier molecular flexibility index (Phi) is 9.75. The first-order chi connectivity index (χ1) is 23.2. The third kappa shape index (κ3) is 7.17. The average Bonchev–Trinajstić information content (AvgIpc) is 3.86. The lowest BCUT2D eigenvalue weighted by atomic mass is 9.88. The molecule has 2 aromatic rings. The van der Waals surface area contributed by atoms with Gasteiger partial charge in [0.05, 0.1) is 23.2 Å². The standard InChI is InChI=1S/C15H15ClN4O.C10H11F3N2O2.C7H4Cl2N2/c16-15-18-10-3-1-2-9(10)14(20-15)19-12-8-5-4-7(6-8)11(12)13(17)21;11-10(12,13)9(17)15-7-5-2-1-4(3-5)6(7)8(14)16;8-6-4-2-1-3-5(4)10-7(9)11-6/h1-2,4-5,7-8,11-12H,3,6H2,(H2,17,21)(H,18,19,20);1-2,4-7H,3H2,(H2,14,16)(H,15,17);1-2H,3H2. The minimum Gasteiger partial charge on any atom is -0.369 e. The molecule has 258 valence electrons. The number of carbonyl (C=O) groups excluding carboxylic acids is 3. The maximum absolute atomic E-state index is 12.1. The summed E-state index contributed by atoms with van der Waals surface area (Å²) in [5, 5.41) is 6.16. The van der Waals surface area contributed by atoms with E-state index >= 15 is 0 Å². The monoisotopic (exact) mass is 736 g/mol. The van der Waals surface area contributed by atoms with E-state index in [9.17, 15) is 27.6 Å². The van der Waals surface area contributed by atoms with Crippen molar-refractivity contribution >= 4 is 70.5 Å². The summed E-state index contributed by atoms with van der Waals surface area (Å²) in [5.41, 5.74) is 14.4. The highest BCUT2D eigenvalue weighted by atomic mass is 35.5. The van der Waals surface area contributed by atoms with E-state index in [0.29, 0.717) is 23.3 Å². The van der Waals surface area contributed by atoms with Crippen molar-refractivity contribution in [3.63, 3.8) is 0 Å². The molecule has 2 fully saturated rings. The van der Waals surface area contributed by atoms with Gasteiger partial charge in [0.2, 0.25) is 22.4 Å². The van der Waals surface area contributed by atoms with Crippen LogP contribution in [0.5, 0.6) is 0 Å². The predicted octanol–water partition coefficient (Wildman–Crippen LogP) is 4.48. The number of rotatable bonds is 5. The van der Waals surface area contributed by atoms with Crippen molar-refractivity contribution in [1.29, 1.82) is 0 Å². The third-order valence-corrected chi connectivity index (χ3v) is 10.2. The van der Waals surface area contributed by atoms with Crippen LogP contribution in [0.25, 0.3) is 12.2 Å². The molecule has 3 amide bonds. The summed E-state index contributed by atoms with van der Waals surface area (Å²) in [7, 11) is 0. The van der Waals surface area contributed by atoms with Crippen molar-refractivity contribution in [1.82, 2.24) is 25.3 Å². The van der Waals surface area contributed by atoms with Gasteiger partial charge in [-0.2, -0.15) is 13.2 Å². The molecule has 49 heavy (non-hydrogen) atoms. The van der Waals surface area contributed by atoms with Gasteiger partial charge >= 0.3 is 12.1 Å². The number of primary amides is 2. The number of nitrogens with zero attached hydrogens (tertiary/aromatic N) is 4. The molecule has 0 spiro atoms. The first-order valence-electron chi connectivity index (χ1n) is 15.4. The molecule has 6 N–H and O–H groups in total. The summed E-state index contributed by atoms with van der Waals surface area (Å²) >= 11 is 17.4. The molecule has 6 aliphatic carbocycles. The number of hydrogen-bond acceptors (Lipinski definition) is 8. The van der Waals surface area contributed by atoms with Gasteiger partial charge in [-0.05, 0) is 59.7 Å².